The number of amides is 1. The summed E-state index contributed by atoms with van der Waals surface area (Å²) in [4.78, 5) is 11.8. The summed E-state index contributed by atoms with van der Waals surface area (Å²) in [5.41, 5.74) is -0.458. The smallest absolute Gasteiger partial charge is 0.407 e. The van der Waals surface area contributed by atoms with E-state index < -0.39 is 5.60 Å². The van der Waals surface area contributed by atoms with Crippen molar-refractivity contribution in [3.8, 4) is 0 Å². The van der Waals surface area contributed by atoms with Gasteiger partial charge >= 0.3 is 6.09 Å². The summed E-state index contributed by atoms with van der Waals surface area (Å²) in [5.74, 6) is 0.844. The van der Waals surface area contributed by atoms with Crippen LogP contribution in [0.2, 0.25) is 0 Å². The second-order valence-corrected chi connectivity index (χ2v) is 7.24. The largest absolute Gasteiger partial charge is 0.444 e. The first-order chi connectivity index (χ1) is 10.2. The Morgan fingerprint density at radius 3 is 2.27 bits per heavy atom. The van der Waals surface area contributed by atoms with Crippen LogP contribution in [0.25, 0.3) is 0 Å². The molecular formula is C17H36N2O3. The molecule has 0 rings (SSSR count). The highest BCUT2D eigenvalue weighted by Gasteiger charge is 2.20. The summed E-state index contributed by atoms with van der Waals surface area (Å²) in [6, 6.07) is 0.373. The van der Waals surface area contributed by atoms with Crippen LogP contribution in [-0.4, -0.2) is 44.5 Å². The lowest BCUT2D eigenvalue weighted by molar-refractivity contribution is 0.0514. The summed E-state index contributed by atoms with van der Waals surface area (Å²) < 4.78 is 10.5. The molecule has 22 heavy (non-hydrogen) atoms. The Morgan fingerprint density at radius 1 is 1.18 bits per heavy atom. The van der Waals surface area contributed by atoms with E-state index in [0.717, 1.165) is 26.0 Å². The SMILES string of the molecule is CCCC(COC)NCC(CNC(=O)OC(C)(C)C)C(C)C. The van der Waals surface area contributed by atoms with Crippen LogP contribution in [0.4, 0.5) is 4.79 Å². The number of nitrogens with one attached hydrogen (secondary N) is 2. The van der Waals surface area contributed by atoms with Gasteiger partial charge in [0.1, 0.15) is 5.60 Å². The predicted octanol–water partition coefficient (Wildman–Crippen LogP) is 3.19. The third-order valence-corrected chi connectivity index (χ3v) is 3.52. The molecule has 0 radical (unpaired) electrons. The van der Waals surface area contributed by atoms with Gasteiger partial charge in [0.15, 0.2) is 0 Å². The summed E-state index contributed by atoms with van der Waals surface area (Å²) >= 11 is 0. The molecule has 2 atom stereocenters. The number of hydrogen-bond acceptors (Lipinski definition) is 4. The highest BCUT2D eigenvalue weighted by molar-refractivity contribution is 5.67. The van der Waals surface area contributed by atoms with E-state index in [4.69, 9.17) is 9.47 Å². The second-order valence-electron chi connectivity index (χ2n) is 7.24. The van der Waals surface area contributed by atoms with Gasteiger partial charge in [0, 0.05) is 26.2 Å². The van der Waals surface area contributed by atoms with Crippen molar-refractivity contribution in [1.29, 1.82) is 0 Å². The van der Waals surface area contributed by atoms with Gasteiger partial charge in [0.2, 0.25) is 0 Å². The lowest BCUT2D eigenvalue weighted by Gasteiger charge is -2.26. The molecule has 2 unspecified atom stereocenters. The van der Waals surface area contributed by atoms with E-state index >= 15 is 0 Å². The predicted molar refractivity (Wildman–Crippen MR) is 91.1 cm³/mol. The molecule has 0 fully saturated rings. The van der Waals surface area contributed by atoms with Gasteiger partial charge in [0.25, 0.3) is 0 Å². The van der Waals surface area contributed by atoms with Crippen LogP contribution in [0.1, 0.15) is 54.4 Å². The Labute approximate surface area is 136 Å². The number of methoxy groups -OCH3 is 1. The average Bonchev–Trinajstić information content (AvgIpc) is 2.36. The van der Waals surface area contributed by atoms with Crippen molar-refractivity contribution >= 4 is 6.09 Å². The fraction of sp³-hybridized carbons (Fsp3) is 0.941. The molecule has 0 saturated heterocycles. The fourth-order valence-electron chi connectivity index (χ4n) is 2.18. The van der Waals surface area contributed by atoms with Crippen molar-refractivity contribution in [2.75, 3.05) is 26.8 Å². The van der Waals surface area contributed by atoms with E-state index in [0.29, 0.717) is 24.4 Å². The maximum Gasteiger partial charge on any atom is 0.407 e. The molecule has 132 valence electrons. The molecule has 1 amide bonds. The molecule has 0 aliphatic carbocycles. The van der Waals surface area contributed by atoms with E-state index in [1.807, 2.05) is 20.8 Å². The first kappa shape index (κ1) is 21.2. The lowest BCUT2D eigenvalue weighted by Crippen LogP contribution is -2.43. The Kier molecular flexibility index (Phi) is 10.4. The molecule has 0 aromatic carbocycles. The monoisotopic (exact) mass is 316 g/mol. The van der Waals surface area contributed by atoms with Gasteiger partial charge in [-0.3, -0.25) is 0 Å². The van der Waals surface area contributed by atoms with Crippen LogP contribution in [0, 0.1) is 11.8 Å². The minimum absolute atomic E-state index is 0.347. The number of carbonyl (C=O) groups excluding carboxylic acids is 1. The first-order valence-electron chi connectivity index (χ1n) is 8.38. The number of carbonyl (C=O) groups is 1. The van der Waals surface area contributed by atoms with E-state index in [-0.39, 0.29) is 6.09 Å². The Bertz CT molecular complexity index is 295. The molecule has 0 aliphatic heterocycles. The third-order valence-electron chi connectivity index (χ3n) is 3.52. The third kappa shape index (κ3) is 10.9. The molecule has 0 bridgehead atoms. The minimum atomic E-state index is -0.458. The normalized spacial score (nSPS) is 14.7. The fourth-order valence-corrected chi connectivity index (χ4v) is 2.18. The minimum Gasteiger partial charge on any atom is -0.444 e. The van der Waals surface area contributed by atoms with Gasteiger partial charge < -0.3 is 20.1 Å². The van der Waals surface area contributed by atoms with E-state index in [1.54, 1.807) is 7.11 Å². The van der Waals surface area contributed by atoms with Gasteiger partial charge in [-0.1, -0.05) is 27.2 Å². The molecule has 0 aliphatic rings. The number of hydrogen-bond donors (Lipinski definition) is 2. The Hall–Kier alpha value is -0.810. The van der Waals surface area contributed by atoms with E-state index in [1.165, 1.54) is 0 Å². The van der Waals surface area contributed by atoms with Crippen LogP contribution in [0.3, 0.4) is 0 Å². The van der Waals surface area contributed by atoms with Crippen molar-refractivity contribution in [3.05, 3.63) is 0 Å². The van der Waals surface area contributed by atoms with Crippen LogP contribution in [-0.2, 0) is 9.47 Å². The summed E-state index contributed by atoms with van der Waals surface area (Å²) in [6.45, 7) is 14.3. The summed E-state index contributed by atoms with van der Waals surface area (Å²) in [5, 5.41) is 6.43. The van der Waals surface area contributed by atoms with Gasteiger partial charge in [-0.05, 0) is 39.0 Å². The van der Waals surface area contributed by atoms with Crippen LogP contribution < -0.4 is 10.6 Å². The molecule has 0 spiro atoms. The number of rotatable bonds is 10. The number of alkyl carbamates (subject to hydrolysis) is 1. The quantitative estimate of drug-likeness (QED) is 0.650. The molecule has 0 saturated carbocycles. The Balaban J connectivity index is 4.28. The zero-order valence-electron chi connectivity index (χ0n) is 15.5. The topological polar surface area (TPSA) is 59.6 Å². The number of ether oxygens (including phenoxy) is 2. The van der Waals surface area contributed by atoms with Crippen LogP contribution >= 0.6 is 0 Å². The van der Waals surface area contributed by atoms with Crippen molar-refractivity contribution < 1.29 is 14.3 Å². The molecular weight excluding hydrogens is 280 g/mol. The van der Waals surface area contributed by atoms with Crippen LogP contribution in [0.15, 0.2) is 0 Å². The van der Waals surface area contributed by atoms with Gasteiger partial charge in [-0.15, -0.1) is 0 Å². The van der Waals surface area contributed by atoms with Crippen LogP contribution in [0.5, 0.6) is 0 Å². The van der Waals surface area contributed by atoms with Gasteiger partial charge in [0.05, 0.1) is 6.61 Å². The van der Waals surface area contributed by atoms with E-state index in [9.17, 15) is 4.79 Å². The molecule has 0 aromatic heterocycles. The van der Waals surface area contributed by atoms with Gasteiger partial charge in [-0.2, -0.15) is 0 Å². The highest BCUT2D eigenvalue weighted by Crippen LogP contribution is 2.11. The maximum absolute atomic E-state index is 11.8. The molecule has 2 N–H and O–H groups in total. The summed E-state index contributed by atoms with van der Waals surface area (Å²) in [6.07, 6.45) is 1.88. The Morgan fingerprint density at radius 2 is 1.82 bits per heavy atom. The highest BCUT2D eigenvalue weighted by atomic mass is 16.6. The first-order valence-corrected chi connectivity index (χ1v) is 8.38. The van der Waals surface area contributed by atoms with Crippen molar-refractivity contribution in [1.82, 2.24) is 10.6 Å². The second kappa shape index (κ2) is 10.8. The zero-order valence-corrected chi connectivity index (χ0v) is 15.5. The van der Waals surface area contributed by atoms with Gasteiger partial charge in [-0.25, -0.2) is 4.79 Å². The van der Waals surface area contributed by atoms with E-state index in [2.05, 4.69) is 31.4 Å². The van der Waals surface area contributed by atoms with Crippen molar-refractivity contribution in [3.63, 3.8) is 0 Å². The lowest BCUT2D eigenvalue weighted by atomic mass is 9.95. The molecule has 0 aromatic rings. The average molecular weight is 316 g/mol. The maximum atomic E-state index is 11.8. The summed E-state index contributed by atoms with van der Waals surface area (Å²) in [7, 11) is 1.73. The molecule has 5 nitrogen and oxygen atoms in total. The van der Waals surface area contributed by atoms with Crippen molar-refractivity contribution in [2.24, 2.45) is 11.8 Å². The van der Waals surface area contributed by atoms with Crippen molar-refractivity contribution in [2.45, 2.75) is 66.0 Å². The zero-order chi connectivity index (χ0) is 17.2. The molecule has 5 heteroatoms. The standard InChI is InChI=1S/C17H36N2O3/c1-8-9-15(12-21-7)18-10-14(13(2)3)11-19-16(20)22-17(4,5)6/h13-15,18H,8-12H2,1-7H3,(H,19,20). The molecule has 0 heterocycles.